The van der Waals surface area contributed by atoms with E-state index in [1.807, 2.05) is 0 Å². The fourth-order valence-electron chi connectivity index (χ4n) is 1.94. The van der Waals surface area contributed by atoms with Crippen LogP contribution in [0.3, 0.4) is 0 Å². The Morgan fingerprint density at radius 2 is 2.18 bits per heavy atom. The first-order valence-corrected chi connectivity index (χ1v) is 5.66. The number of nitrogen functional groups attached to an aromatic ring is 1. The van der Waals surface area contributed by atoms with Gasteiger partial charge in [-0.15, -0.1) is 0 Å². The predicted octanol–water partition coefficient (Wildman–Crippen LogP) is 0.695. The molecule has 0 aliphatic heterocycles. The van der Waals surface area contributed by atoms with E-state index in [1.54, 1.807) is 18.2 Å². The van der Waals surface area contributed by atoms with Gasteiger partial charge in [-0.05, 0) is 37.5 Å². The molecule has 92 valence electrons. The van der Waals surface area contributed by atoms with Gasteiger partial charge in [-0.25, -0.2) is 0 Å². The maximum atomic E-state index is 11.2. The van der Waals surface area contributed by atoms with E-state index in [0.29, 0.717) is 23.5 Å². The lowest BCUT2D eigenvalue weighted by Crippen LogP contribution is -2.43. The van der Waals surface area contributed by atoms with Gasteiger partial charge in [0.2, 0.25) is 0 Å². The Labute approximate surface area is 99.8 Å². The highest BCUT2D eigenvalue weighted by Gasteiger charge is 2.34. The van der Waals surface area contributed by atoms with Crippen LogP contribution in [0.25, 0.3) is 0 Å². The summed E-state index contributed by atoms with van der Waals surface area (Å²) < 4.78 is 0. The molecule has 0 saturated heterocycles. The molecule has 1 saturated carbocycles. The Morgan fingerprint density at radius 3 is 2.71 bits per heavy atom. The van der Waals surface area contributed by atoms with Gasteiger partial charge in [-0.3, -0.25) is 4.79 Å². The van der Waals surface area contributed by atoms with Crippen LogP contribution in [-0.4, -0.2) is 23.2 Å². The minimum atomic E-state index is -0.653. The van der Waals surface area contributed by atoms with Gasteiger partial charge in [0.05, 0.1) is 11.2 Å². The van der Waals surface area contributed by atoms with Crippen LogP contribution in [0.2, 0.25) is 0 Å². The third-order valence-corrected chi connectivity index (χ3v) is 3.20. The van der Waals surface area contributed by atoms with E-state index in [-0.39, 0.29) is 0 Å². The van der Waals surface area contributed by atoms with Gasteiger partial charge in [0.25, 0.3) is 5.91 Å². The third kappa shape index (κ3) is 2.50. The molecule has 0 spiro atoms. The molecule has 0 aromatic heterocycles. The molecular formula is C12H17N3O2. The van der Waals surface area contributed by atoms with Crippen LogP contribution in [0.15, 0.2) is 18.2 Å². The van der Waals surface area contributed by atoms with Gasteiger partial charge in [-0.2, -0.15) is 0 Å². The second kappa shape index (κ2) is 4.25. The lowest BCUT2D eigenvalue weighted by molar-refractivity contribution is -0.0202. The van der Waals surface area contributed by atoms with E-state index in [1.165, 1.54) is 0 Å². The van der Waals surface area contributed by atoms with Gasteiger partial charge >= 0.3 is 0 Å². The highest BCUT2D eigenvalue weighted by Crippen LogP contribution is 2.32. The van der Waals surface area contributed by atoms with Crippen molar-refractivity contribution in [3.63, 3.8) is 0 Å². The molecule has 0 unspecified atom stereocenters. The number of aliphatic hydroxyl groups is 1. The normalized spacial score (nSPS) is 17.2. The Hall–Kier alpha value is -1.75. The average molecular weight is 235 g/mol. The fourth-order valence-corrected chi connectivity index (χ4v) is 1.94. The zero-order chi connectivity index (χ0) is 12.5. The number of nitrogens with one attached hydrogen (secondary N) is 1. The lowest BCUT2D eigenvalue weighted by atomic mass is 9.80. The summed E-state index contributed by atoms with van der Waals surface area (Å²) in [6, 6.07) is 4.87. The summed E-state index contributed by atoms with van der Waals surface area (Å²) in [6.07, 6.45) is 2.61. The van der Waals surface area contributed by atoms with E-state index in [9.17, 15) is 9.90 Å². The van der Waals surface area contributed by atoms with Gasteiger partial charge in [0, 0.05) is 17.9 Å². The number of hydrogen-bond donors (Lipinski definition) is 4. The zero-order valence-corrected chi connectivity index (χ0v) is 9.57. The minimum Gasteiger partial charge on any atom is -0.399 e. The first kappa shape index (κ1) is 11.7. The summed E-state index contributed by atoms with van der Waals surface area (Å²) >= 11 is 0. The number of hydrogen-bond acceptors (Lipinski definition) is 4. The molecule has 0 heterocycles. The van der Waals surface area contributed by atoms with E-state index < -0.39 is 11.5 Å². The number of primary amides is 1. The summed E-state index contributed by atoms with van der Waals surface area (Å²) in [5.74, 6) is -0.506. The van der Waals surface area contributed by atoms with E-state index in [2.05, 4.69) is 5.32 Å². The number of nitrogens with two attached hydrogens (primary N) is 2. The minimum absolute atomic E-state index is 0.391. The molecule has 5 heteroatoms. The number of carbonyl (C=O) groups is 1. The van der Waals surface area contributed by atoms with Crippen molar-refractivity contribution in [2.45, 2.75) is 24.9 Å². The summed E-state index contributed by atoms with van der Waals surface area (Å²) in [5.41, 5.74) is 11.8. The molecule has 1 fully saturated rings. The third-order valence-electron chi connectivity index (χ3n) is 3.20. The van der Waals surface area contributed by atoms with Gasteiger partial charge in [-0.1, -0.05) is 0 Å². The van der Waals surface area contributed by atoms with Crippen molar-refractivity contribution >= 4 is 17.3 Å². The first-order chi connectivity index (χ1) is 8.00. The van der Waals surface area contributed by atoms with Gasteiger partial charge in [0.1, 0.15) is 0 Å². The number of amides is 1. The highest BCUT2D eigenvalue weighted by atomic mass is 16.3. The number of benzene rings is 1. The molecular weight excluding hydrogens is 218 g/mol. The van der Waals surface area contributed by atoms with Crippen molar-refractivity contribution in [3.05, 3.63) is 23.8 Å². The van der Waals surface area contributed by atoms with Crippen molar-refractivity contribution in [3.8, 4) is 0 Å². The molecule has 1 aliphatic rings. The maximum absolute atomic E-state index is 11.2. The van der Waals surface area contributed by atoms with Gasteiger partial charge in [0.15, 0.2) is 0 Å². The van der Waals surface area contributed by atoms with Gasteiger partial charge < -0.3 is 21.9 Å². The van der Waals surface area contributed by atoms with Crippen LogP contribution in [0, 0.1) is 0 Å². The molecule has 1 aliphatic carbocycles. The topological polar surface area (TPSA) is 101 Å². The molecule has 2 rings (SSSR count). The van der Waals surface area contributed by atoms with Crippen molar-refractivity contribution in [2.24, 2.45) is 5.73 Å². The Morgan fingerprint density at radius 1 is 1.47 bits per heavy atom. The fraction of sp³-hybridized carbons (Fsp3) is 0.417. The van der Waals surface area contributed by atoms with Crippen LogP contribution in [0.5, 0.6) is 0 Å². The van der Waals surface area contributed by atoms with Crippen molar-refractivity contribution < 1.29 is 9.90 Å². The van der Waals surface area contributed by atoms with Crippen molar-refractivity contribution in [1.82, 2.24) is 0 Å². The summed E-state index contributed by atoms with van der Waals surface area (Å²) in [5, 5.41) is 13.0. The summed E-state index contributed by atoms with van der Waals surface area (Å²) in [4.78, 5) is 11.2. The molecule has 1 aromatic carbocycles. The first-order valence-electron chi connectivity index (χ1n) is 5.66. The van der Waals surface area contributed by atoms with Crippen LogP contribution in [0.1, 0.15) is 29.6 Å². The monoisotopic (exact) mass is 235 g/mol. The molecule has 6 N–H and O–H groups in total. The summed E-state index contributed by atoms with van der Waals surface area (Å²) in [6.45, 7) is 0.413. The van der Waals surface area contributed by atoms with E-state index >= 15 is 0 Å². The SMILES string of the molecule is NC(=O)c1ccc(N)cc1NCC1(O)CCC1. The van der Waals surface area contributed by atoms with E-state index in [4.69, 9.17) is 11.5 Å². The predicted molar refractivity (Wildman–Crippen MR) is 66.7 cm³/mol. The standard InChI is InChI=1S/C12H17N3O2/c13-8-2-3-9(11(14)16)10(6-8)15-7-12(17)4-1-5-12/h2-3,6,15,17H,1,4-5,7,13H2,(H2,14,16). The van der Waals surface area contributed by atoms with E-state index in [0.717, 1.165) is 19.3 Å². The molecule has 0 radical (unpaired) electrons. The second-order valence-corrected chi connectivity index (χ2v) is 4.60. The molecule has 0 atom stereocenters. The average Bonchev–Trinajstić information content (AvgIpc) is 2.23. The Bertz CT molecular complexity index is 441. The van der Waals surface area contributed by atoms with Crippen LogP contribution >= 0.6 is 0 Å². The smallest absolute Gasteiger partial charge is 0.250 e. The number of rotatable bonds is 4. The van der Waals surface area contributed by atoms with Crippen molar-refractivity contribution in [2.75, 3.05) is 17.6 Å². The van der Waals surface area contributed by atoms with Crippen LogP contribution in [-0.2, 0) is 0 Å². The maximum Gasteiger partial charge on any atom is 0.250 e. The molecule has 17 heavy (non-hydrogen) atoms. The molecule has 1 aromatic rings. The number of anilines is 2. The number of carbonyl (C=O) groups excluding carboxylic acids is 1. The molecule has 5 nitrogen and oxygen atoms in total. The highest BCUT2D eigenvalue weighted by molar-refractivity contribution is 5.99. The van der Waals surface area contributed by atoms with Crippen LogP contribution < -0.4 is 16.8 Å². The zero-order valence-electron chi connectivity index (χ0n) is 9.57. The summed E-state index contributed by atoms with van der Waals surface area (Å²) in [7, 11) is 0. The second-order valence-electron chi connectivity index (χ2n) is 4.60. The lowest BCUT2D eigenvalue weighted by Gasteiger charge is -2.37. The van der Waals surface area contributed by atoms with Crippen LogP contribution in [0.4, 0.5) is 11.4 Å². The van der Waals surface area contributed by atoms with Crippen molar-refractivity contribution in [1.29, 1.82) is 0 Å². The quantitative estimate of drug-likeness (QED) is 0.577. The largest absolute Gasteiger partial charge is 0.399 e. The molecule has 1 amide bonds. The Kier molecular flexibility index (Phi) is 2.93. The Balaban J connectivity index is 2.13. The molecule has 0 bridgehead atoms.